The highest BCUT2D eigenvalue weighted by atomic mass is 32.2. The summed E-state index contributed by atoms with van der Waals surface area (Å²) in [5, 5.41) is 5.05. The summed E-state index contributed by atoms with van der Waals surface area (Å²) in [6.07, 6.45) is 1.61. The smallest absolute Gasteiger partial charge is 0.242 e. The van der Waals surface area contributed by atoms with Crippen LogP contribution in [0.4, 0.5) is 0 Å². The predicted molar refractivity (Wildman–Crippen MR) is 76.6 cm³/mol. The van der Waals surface area contributed by atoms with Gasteiger partial charge in [0.2, 0.25) is 20.0 Å². The number of hydrogen-bond acceptors (Lipinski definition) is 5. The third kappa shape index (κ3) is 3.80. The second-order valence-electron chi connectivity index (χ2n) is 5.22. The monoisotopic (exact) mass is 334 g/mol. The molecule has 3 N–H and O–H groups in total. The SMILES string of the molecule is CC1(CNS(=O)(=O)c2ccccc2S(N)(=O)=O)CCCO1. The largest absolute Gasteiger partial charge is 0.374 e. The molecule has 1 heterocycles. The van der Waals surface area contributed by atoms with Gasteiger partial charge in [-0.15, -0.1) is 0 Å². The zero-order valence-electron chi connectivity index (χ0n) is 11.6. The fraction of sp³-hybridized carbons (Fsp3) is 0.500. The fourth-order valence-electron chi connectivity index (χ4n) is 2.21. The number of rotatable bonds is 5. The van der Waals surface area contributed by atoms with E-state index in [0.717, 1.165) is 18.9 Å². The Kier molecular flexibility index (Phi) is 4.41. The molecule has 1 aromatic rings. The molecule has 7 nitrogen and oxygen atoms in total. The van der Waals surface area contributed by atoms with E-state index in [1.54, 1.807) is 0 Å². The van der Waals surface area contributed by atoms with Crippen LogP contribution in [0.5, 0.6) is 0 Å². The minimum absolute atomic E-state index is 0.0777. The zero-order valence-corrected chi connectivity index (χ0v) is 13.2. The Morgan fingerprint density at radius 2 is 1.86 bits per heavy atom. The lowest BCUT2D eigenvalue weighted by atomic mass is 10.0. The summed E-state index contributed by atoms with van der Waals surface area (Å²) < 4.78 is 55.5. The normalized spacial score (nSPS) is 23.3. The van der Waals surface area contributed by atoms with E-state index in [9.17, 15) is 16.8 Å². The van der Waals surface area contributed by atoms with Gasteiger partial charge in [-0.25, -0.2) is 26.7 Å². The molecule has 1 aliphatic heterocycles. The molecule has 1 saturated heterocycles. The molecule has 9 heteroatoms. The molecule has 1 aliphatic rings. The van der Waals surface area contributed by atoms with Crippen molar-refractivity contribution in [3.05, 3.63) is 24.3 Å². The van der Waals surface area contributed by atoms with Crippen LogP contribution in [0.25, 0.3) is 0 Å². The van der Waals surface area contributed by atoms with Crippen molar-refractivity contribution in [3.8, 4) is 0 Å². The molecule has 0 saturated carbocycles. The van der Waals surface area contributed by atoms with Gasteiger partial charge in [0.15, 0.2) is 0 Å². The molecular formula is C12H18N2O5S2. The van der Waals surface area contributed by atoms with Crippen molar-refractivity contribution >= 4 is 20.0 Å². The van der Waals surface area contributed by atoms with Crippen LogP contribution < -0.4 is 9.86 Å². The van der Waals surface area contributed by atoms with E-state index in [-0.39, 0.29) is 11.4 Å². The van der Waals surface area contributed by atoms with Crippen molar-refractivity contribution in [1.82, 2.24) is 4.72 Å². The summed E-state index contributed by atoms with van der Waals surface area (Å²) in [6, 6.07) is 5.23. The highest BCUT2D eigenvalue weighted by Crippen LogP contribution is 2.25. The van der Waals surface area contributed by atoms with Crippen LogP contribution in [-0.4, -0.2) is 35.6 Å². The average molecular weight is 334 g/mol. The Labute approximate surface area is 124 Å². The molecule has 0 radical (unpaired) electrons. The van der Waals surface area contributed by atoms with Crippen LogP contribution >= 0.6 is 0 Å². The number of sulfonamides is 2. The number of hydrogen-bond donors (Lipinski definition) is 2. The maximum Gasteiger partial charge on any atom is 0.242 e. The van der Waals surface area contributed by atoms with Gasteiger partial charge in [0.1, 0.15) is 9.79 Å². The van der Waals surface area contributed by atoms with Crippen LogP contribution in [0.1, 0.15) is 19.8 Å². The van der Waals surface area contributed by atoms with Gasteiger partial charge >= 0.3 is 0 Å². The van der Waals surface area contributed by atoms with Crippen molar-refractivity contribution in [2.45, 2.75) is 35.2 Å². The van der Waals surface area contributed by atoms with Gasteiger partial charge < -0.3 is 4.74 Å². The first-order valence-corrected chi connectivity index (χ1v) is 9.43. The van der Waals surface area contributed by atoms with Crippen molar-refractivity contribution in [1.29, 1.82) is 0 Å². The summed E-state index contributed by atoms with van der Waals surface area (Å²) in [7, 11) is -8.11. The molecule has 1 aromatic carbocycles. The van der Waals surface area contributed by atoms with Crippen LogP contribution in [0.15, 0.2) is 34.1 Å². The summed E-state index contributed by atoms with van der Waals surface area (Å²) in [5.41, 5.74) is -0.566. The molecule has 1 unspecified atom stereocenters. The van der Waals surface area contributed by atoms with E-state index in [1.165, 1.54) is 18.2 Å². The van der Waals surface area contributed by atoms with Crippen LogP contribution in [0, 0.1) is 0 Å². The molecule has 21 heavy (non-hydrogen) atoms. The number of nitrogens with one attached hydrogen (secondary N) is 1. The van der Waals surface area contributed by atoms with Crippen LogP contribution in [0.3, 0.4) is 0 Å². The van der Waals surface area contributed by atoms with Crippen molar-refractivity contribution in [3.63, 3.8) is 0 Å². The van der Waals surface area contributed by atoms with Gasteiger partial charge in [-0.3, -0.25) is 0 Å². The van der Waals surface area contributed by atoms with Crippen LogP contribution in [-0.2, 0) is 24.8 Å². The van der Waals surface area contributed by atoms with Gasteiger partial charge in [0.25, 0.3) is 0 Å². The summed E-state index contributed by atoms with van der Waals surface area (Å²) >= 11 is 0. The van der Waals surface area contributed by atoms with E-state index >= 15 is 0 Å². The summed E-state index contributed by atoms with van der Waals surface area (Å²) in [5.74, 6) is 0. The molecule has 0 amide bonds. The quantitative estimate of drug-likeness (QED) is 0.797. The van der Waals surface area contributed by atoms with Gasteiger partial charge in [0.05, 0.1) is 5.60 Å². The first-order valence-electron chi connectivity index (χ1n) is 6.40. The Balaban J connectivity index is 2.28. The first-order chi connectivity index (χ1) is 9.64. The predicted octanol–water partition coefficient (Wildman–Crippen LogP) is 0.181. The van der Waals surface area contributed by atoms with Gasteiger partial charge in [0, 0.05) is 13.2 Å². The lowest BCUT2D eigenvalue weighted by Gasteiger charge is -2.23. The molecule has 2 rings (SSSR count). The zero-order chi connectivity index (χ0) is 15.7. The van der Waals surface area contributed by atoms with E-state index in [0.29, 0.717) is 6.61 Å². The summed E-state index contributed by atoms with van der Waals surface area (Å²) in [4.78, 5) is -0.774. The van der Waals surface area contributed by atoms with Crippen molar-refractivity contribution in [2.24, 2.45) is 5.14 Å². The lowest BCUT2D eigenvalue weighted by Crippen LogP contribution is -2.40. The maximum atomic E-state index is 12.3. The van der Waals surface area contributed by atoms with Crippen molar-refractivity contribution in [2.75, 3.05) is 13.2 Å². The maximum absolute atomic E-state index is 12.3. The van der Waals surface area contributed by atoms with Crippen LogP contribution in [0.2, 0.25) is 0 Å². The minimum atomic E-state index is -4.12. The van der Waals surface area contributed by atoms with E-state index < -0.39 is 30.5 Å². The molecule has 0 bridgehead atoms. The molecule has 118 valence electrons. The molecule has 1 atom stereocenters. The molecule has 0 spiro atoms. The second kappa shape index (κ2) is 5.65. The number of nitrogens with two attached hydrogens (primary N) is 1. The number of benzene rings is 1. The Bertz CT molecular complexity index is 722. The van der Waals surface area contributed by atoms with Gasteiger partial charge in [-0.1, -0.05) is 12.1 Å². The topological polar surface area (TPSA) is 116 Å². The third-order valence-corrected chi connectivity index (χ3v) is 5.94. The second-order valence-corrected chi connectivity index (χ2v) is 8.48. The van der Waals surface area contributed by atoms with E-state index in [1.807, 2.05) is 6.92 Å². The van der Waals surface area contributed by atoms with Crippen molar-refractivity contribution < 1.29 is 21.6 Å². The molecule has 0 aromatic heterocycles. The van der Waals surface area contributed by atoms with Gasteiger partial charge in [-0.05, 0) is 31.9 Å². The highest BCUT2D eigenvalue weighted by Gasteiger charge is 2.32. The Morgan fingerprint density at radius 3 is 2.38 bits per heavy atom. The van der Waals surface area contributed by atoms with E-state index in [4.69, 9.17) is 9.88 Å². The standard InChI is InChI=1S/C12H18N2O5S2/c1-12(7-4-8-19-12)9-14-21(17,18)11-6-3-2-5-10(11)20(13,15)16/h2-3,5-6,14H,4,7-9H2,1H3,(H2,13,15,16). The molecular weight excluding hydrogens is 316 g/mol. The van der Waals surface area contributed by atoms with Gasteiger partial charge in [-0.2, -0.15) is 0 Å². The summed E-state index contributed by atoms with van der Waals surface area (Å²) in [6.45, 7) is 2.48. The molecule has 0 aliphatic carbocycles. The average Bonchev–Trinajstić information content (AvgIpc) is 2.83. The minimum Gasteiger partial charge on any atom is -0.374 e. The Hall–Kier alpha value is -1.00. The Morgan fingerprint density at radius 1 is 1.24 bits per heavy atom. The third-order valence-electron chi connectivity index (χ3n) is 3.38. The lowest BCUT2D eigenvalue weighted by molar-refractivity contribution is 0.0250. The molecule has 1 fully saturated rings. The highest BCUT2D eigenvalue weighted by molar-refractivity contribution is 7.92. The number of ether oxygens (including phenoxy) is 1. The number of primary sulfonamides is 1. The van der Waals surface area contributed by atoms with E-state index in [2.05, 4.69) is 4.72 Å². The fourth-order valence-corrected chi connectivity index (χ4v) is 4.74. The first kappa shape index (κ1) is 16.4.